The smallest absolute Gasteiger partial charge is 0.290 e. The average Bonchev–Trinajstić information content (AvgIpc) is 3.10. The van der Waals surface area contributed by atoms with Crippen LogP contribution in [0.5, 0.6) is 11.5 Å². The fourth-order valence-electron chi connectivity index (χ4n) is 5.68. The molecule has 3 aromatic carbocycles. The molecule has 2 aliphatic heterocycles. The maximum absolute atomic E-state index is 14.7. The third kappa shape index (κ3) is 9.23. The standard InChI is InChI=1S/C34H32FN5O7S.CH2O2/c1-20-5-6-28(48(36,44)45)14-29(20)34(43)40-8-7-31-30(18-40)39-33(42)24-11-23(16-37-17-24)22-3-2-4-26(12-22)46-19-32(41)38-15-21-9-25(35)13-27(10-21)47-31;2-1-3/h2-6,9-14,16-17,30-31H,7-8,15,18-19H2,1H3,(H,38,41)(H,39,42)(H2,36,44,45);1H,(H,2,3)/t30-,31+;/m1./s1. The van der Waals surface area contributed by atoms with Crippen molar-refractivity contribution < 1.29 is 46.6 Å². The van der Waals surface area contributed by atoms with Crippen molar-refractivity contribution in [3.05, 3.63) is 107 Å². The third-order valence-corrected chi connectivity index (χ3v) is 9.08. The van der Waals surface area contributed by atoms with Crippen LogP contribution >= 0.6 is 0 Å². The number of hydrogen-bond acceptors (Lipinski definition) is 9. The fraction of sp³-hybridized carbons (Fsp3) is 0.229. The van der Waals surface area contributed by atoms with Crippen LogP contribution in [0.3, 0.4) is 0 Å². The second-order valence-electron chi connectivity index (χ2n) is 11.8. The summed E-state index contributed by atoms with van der Waals surface area (Å²) in [4.78, 5) is 53.9. The number of primary sulfonamides is 1. The number of halogens is 1. The maximum Gasteiger partial charge on any atom is 0.290 e. The van der Waals surface area contributed by atoms with E-state index >= 15 is 0 Å². The molecule has 3 heterocycles. The van der Waals surface area contributed by atoms with E-state index in [0.717, 1.165) is 0 Å². The summed E-state index contributed by atoms with van der Waals surface area (Å²) in [5.41, 5.74) is 2.71. The second kappa shape index (κ2) is 15.8. The predicted molar refractivity (Wildman–Crippen MR) is 181 cm³/mol. The molecule has 2 aliphatic rings. The molecule has 6 bridgehead atoms. The summed E-state index contributed by atoms with van der Waals surface area (Å²) >= 11 is 0. The van der Waals surface area contributed by atoms with Crippen LogP contribution in [0.15, 0.2) is 84.0 Å². The number of ether oxygens (including phenoxy) is 2. The Balaban J connectivity index is 0.00000162. The lowest BCUT2D eigenvalue weighted by molar-refractivity contribution is -0.123. The van der Waals surface area contributed by atoms with Gasteiger partial charge in [0.2, 0.25) is 10.0 Å². The van der Waals surface area contributed by atoms with Crippen molar-refractivity contribution in [1.82, 2.24) is 20.5 Å². The van der Waals surface area contributed by atoms with E-state index < -0.39 is 45.7 Å². The zero-order chi connectivity index (χ0) is 36.7. The Morgan fingerprint density at radius 1 is 1.04 bits per heavy atom. The predicted octanol–water partition coefficient (Wildman–Crippen LogP) is 2.65. The van der Waals surface area contributed by atoms with Gasteiger partial charge >= 0.3 is 0 Å². The van der Waals surface area contributed by atoms with E-state index in [0.29, 0.717) is 28.0 Å². The number of carbonyl (C=O) groups is 4. The minimum absolute atomic E-state index is 0.000976. The lowest BCUT2D eigenvalue weighted by Crippen LogP contribution is -2.58. The Labute approximate surface area is 292 Å². The molecular weight excluding hydrogens is 685 g/mol. The first kappa shape index (κ1) is 36.4. The summed E-state index contributed by atoms with van der Waals surface area (Å²) in [6.07, 6.45) is 2.56. The van der Waals surface area contributed by atoms with E-state index in [9.17, 15) is 27.2 Å². The largest absolute Gasteiger partial charge is 0.488 e. The van der Waals surface area contributed by atoms with E-state index in [4.69, 9.17) is 24.5 Å². The molecule has 0 spiro atoms. The highest BCUT2D eigenvalue weighted by atomic mass is 32.2. The molecule has 14 nitrogen and oxygen atoms in total. The van der Waals surface area contributed by atoms with Crippen LogP contribution in [0.2, 0.25) is 0 Å². The Morgan fingerprint density at radius 3 is 2.57 bits per heavy atom. The van der Waals surface area contributed by atoms with Gasteiger partial charge in [-0.15, -0.1) is 0 Å². The Hall–Kier alpha value is -5.87. The van der Waals surface area contributed by atoms with Gasteiger partial charge in [0.15, 0.2) is 6.61 Å². The van der Waals surface area contributed by atoms with E-state index in [-0.39, 0.29) is 60.9 Å². The van der Waals surface area contributed by atoms with Gasteiger partial charge in [0, 0.05) is 55.6 Å². The molecule has 1 aromatic heterocycles. The molecule has 2 atom stereocenters. The average molecular weight is 720 g/mol. The summed E-state index contributed by atoms with van der Waals surface area (Å²) in [5.74, 6) is -1.33. The van der Waals surface area contributed by atoms with Crippen LogP contribution in [-0.2, 0) is 26.2 Å². The van der Waals surface area contributed by atoms with Crippen molar-refractivity contribution >= 4 is 34.2 Å². The second-order valence-corrected chi connectivity index (χ2v) is 13.3. The number of carbonyl (C=O) groups excluding carboxylic acids is 3. The fourth-order valence-corrected chi connectivity index (χ4v) is 6.22. The number of piperidine rings is 1. The first-order valence-corrected chi connectivity index (χ1v) is 17.1. The van der Waals surface area contributed by atoms with Gasteiger partial charge in [0.1, 0.15) is 23.4 Å². The normalized spacial score (nSPS) is 17.6. The molecule has 0 saturated carbocycles. The van der Waals surface area contributed by atoms with Crippen LogP contribution < -0.4 is 25.2 Å². The van der Waals surface area contributed by atoms with E-state index in [1.54, 1.807) is 43.5 Å². The van der Waals surface area contributed by atoms with Gasteiger partial charge in [-0.25, -0.2) is 17.9 Å². The molecule has 0 radical (unpaired) electrons. The number of pyridine rings is 1. The number of rotatable bonds is 2. The molecule has 0 unspecified atom stereocenters. The van der Waals surface area contributed by atoms with Crippen LogP contribution in [0.25, 0.3) is 11.1 Å². The Bertz CT molecular complexity index is 2080. The monoisotopic (exact) mass is 719 g/mol. The minimum Gasteiger partial charge on any atom is -0.488 e. The number of nitrogens with two attached hydrogens (primary N) is 1. The minimum atomic E-state index is -4.06. The van der Waals surface area contributed by atoms with Gasteiger partial charge in [0.05, 0.1) is 16.5 Å². The third-order valence-electron chi connectivity index (χ3n) is 8.17. The summed E-state index contributed by atoms with van der Waals surface area (Å²) in [6.45, 7) is 1.37. The Morgan fingerprint density at radius 2 is 1.80 bits per heavy atom. The Kier molecular flexibility index (Phi) is 11.3. The molecule has 1 saturated heterocycles. The molecule has 1 fully saturated rings. The number of hydrogen-bond donors (Lipinski definition) is 4. The molecule has 266 valence electrons. The van der Waals surface area contributed by atoms with Crippen molar-refractivity contribution in [2.45, 2.75) is 36.9 Å². The van der Waals surface area contributed by atoms with E-state index in [2.05, 4.69) is 15.6 Å². The number of amides is 3. The van der Waals surface area contributed by atoms with Gasteiger partial charge in [-0.2, -0.15) is 0 Å². The molecule has 0 aliphatic carbocycles. The zero-order valence-electron chi connectivity index (χ0n) is 27.2. The molecule has 6 rings (SSSR count). The van der Waals surface area contributed by atoms with Gasteiger partial charge in [-0.05, 0) is 66.1 Å². The molecule has 5 N–H and O–H groups in total. The lowest BCUT2D eigenvalue weighted by Gasteiger charge is -2.39. The van der Waals surface area contributed by atoms with Crippen LogP contribution in [-0.4, -0.2) is 79.4 Å². The van der Waals surface area contributed by atoms with Gasteiger partial charge in [0.25, 0.3) is 24.2 Å². The van der Waals surface area contributed by atoms with Crippen molar-refractivity contribution in [1.29, 1.82) is 0 Å². The van der Waals surface area contributed by atoms with Crippen molar-refractivity contribution in [3.63, 3.8) is 0 Å². The maximum atomic E-state index is 14.7. The first-order chi connectivity index (χ1) is 24.3. The van der Waals surface area contributed by atoms with Gasteiger partial charge in [-0.3, -0.25) is 24.2 Å². The zero-order valence-corrected chi connectivity index (χ0v) is 28.1. The van der Waals surface area contributed by atoms with Crippen LogP contribution in [0, 0.1) is 12.7 Å². The van der Waals surface area contributed by atoms with Crippen molar-refractivity contribution in [2.75, 3.05) is 19.7 Å². The number of benzene rings is 3. The highest BCUT2D eigenvalue weighted by molar-refractivity contribution is 7.89. The summed E-state index contributed by atoms with van der Waals surface area (Å²) in [5, 5.41) is 17.9. The highest BCUT2D eigenvalue weighted by Crippen LogP contribution is 2.27. The number of likely N-dealkylation sites (tertiary alicyclic amines) is 1. The van der Waals surface area contributed by atoms with Crippen molar-refractivity contribution in [2.24, 2.45) is 5.14 Å². The molecule has 3 amide bonds. The lowest BCUT2D eigenvalue weighted by atomic mass is 9.99. The summed E-state index contributed by atoms with van der Waals surface area (Å²) in [6, 6.07) is 16.0. The SMILES string of the molecule is Cc1ccc(S(N)(=O)=O)cc1C(=O)N1CC[C@@H]2Oc3cc(F)cc(c3)CNC(=O)COc3cccc(c3)-c3cncc(c3)C(=O)N[C@@H]2C1.O=CO. The number of carboxylic acid groups (broad SMARTS) is 1. The number of nitrogens with zero attached hydrogens (tertiary/aromatic N) is 2. The molecule has 4 aromatic rings. The molecule has 51 heavy (non-hydrogen) atoms. The quantitative estimate of drug-likeness (QED) is 0.223. The number of fused-ring (bicyclic) bond motifs is 8. The van der Waals surface area contributed by atoms with Crippen molar-refractivity contribution in [3.8, 4) is 22.6 Å². The summed E-state index contributed by atoms with van der Waals surface area (Å²) < 4.78 is 50.7. The molecule has 16 heteroatoms. The van der Waals surface area contributed by atoms with Crippen LogP contribution in [0.1, 0.15) is 38.3 Å². The van der Waals surface area contributed by atoms with Gasteiger partial charge in [-0.1, -0.05) is 18.2 Å². The number of aromatic nitrogens is 1. The first-order valence-electron chi connectivity index (χ1n) is 15.6. The molecular formula is C35H34FN5O9S. The van der Waals surface area contributed by atoms with Gasteiger partial charge < -0.3 is 30.1 Å². The number of aryl methyl sites for hydroxylation is 1. The van der Waals surface area contributed by atoms with Crippen LogP contribution in [0.4, 0.5) is 4.39 Å². The van der Waals surface area contributed by atoms with E-state index in [1.165, 1.54) is 41.4 Å². The topological polar surface area (TPSA) is 207 Å². The van der Waals surface area contributed by atoms with E-state index in [1.807, 2.05) is 6.07 Å². The summed E-state index contributed by atoms with van der Waals surface area (Å²) in [7, 11) is -4.06. The number of sulfonamides is 1. The number of nitrogens with one attached hydrogen (secondary N) is 2. The highest BCUT2D eigenvalue weighted by Gasteiger charge is 2.35.